The Morgan fingerprint density at radius 1 is 1.44 bits per heavy atom. The van der Waals surface area contributed by atoms with Crippen LogP contribution in [0.1, 0.15) is 0 Å². The van der Waals surface area contributed by atoms with Crippen LogP contribution in [0.2, 0.25) is 0 Å². The highest BCUT2D eigenvalue weighted by Gasteiger charge is 1.97. The minimum atomic E-state index is -0.129. The van der Waals surface area contributed by atoms with Crippen molar-refractivity contribution in [2.45, 2.75) is 6.54 Å². The summed E-state index contributed by atoms with van der Waals surface area (Å²) in [4.78, 5) is 13.7. The highest BCUT2D eigenvalue weighted by atomic mass is 16.5. The first-order valence-electron chi connectivity index (χ1n) is 4.98. The Balaban J connectivity index is 1.89. The van der Waals surface area contributed by atoms with Crippen LogP contribution in [0.4, 0.5) is 5.69 Å². The predicted molar refractivity (Wildman–Crippen MR) is 61.4 cm³/mol. The van der Waals surface area contributed by atoms with Gasteiger partial charge in [-0.25, -0.2) is 4.79 Å². The van der Waals surface area contributed by atoms with Crippen LogP contribution < -0.4 is 16.2 Å². The first-order valence-corrected chi connectivity index (χ1v) is 4.98. The number of hydrogen-bond donors (Lipinski definition) is 2. The van der Waals surface area contributed by atoms with Crippen LogP contribution in [0.5, 0.6) is 5.75 Å². The van der Waals surface area contributed by atoms with E-state index < -0.39 is 0 Å². The van der Waals surface area contributed by atoms with Crippen LogP contribution >= 0.6 is 0 Å². The number of ether oxygens (including phenoxy) is 1. The van der Waals surface area contributed by atoms with E-state index in [2.05, 4.69) is 4.98 Å². The third-order valence-electron chi connectivity index (χ3n) is 2.18. The molecule has 1 aromatic heterocycles. The van der Waals surface area contributed by atoms with Crippen molar-refractivity contribution in [2.24, 2.45) is 0 Å². The fourth-order valence-corrected chi connectivity index (χ4v) is 1.39. The monoisotopic (exact) mass is 219 g/mol. The zero-order valence-electron chi connectivity index (χ0n) is 8.72. The van der Waals surface area contributed by atoms with Gasteiger partial charge in [0.1, 0.15) is 12.4 Å². The summed E-state index contributed by atoms with van der Waals surface area (Å²) in [7, 11) is 0. The van der Waals surface area contributed by atoms with Crippen molar-refractivity contribution in [3.8, 4) is 5.75 Å². The third kappa shape index (κ3) is 2.44. The lowest BCUT2D eigenvalue weighted by atomic mass is 10.3. The van der Waals surface area contributed by atoms with E-state index in [9.17, 15) is 4.79 Å². The van der Waals surface area contributed by atoms with Crippen molar-refractivity contribution in [3.05, 3.63) is 47.1 Å². The van der Waals surface area contributed by atoms with Crippen LogP contribution in [0, 0.1) is 0 Å². The van der Waals surface area contributed by atoms with E-state index in [0.717, 1.165) is 0 Å². The van der Waals surface area contributed by atoms with E-state index in [0.29, 0.717) is 24.6 Å². The van der Waals surface area contributed by atoms with Gasteiger partial charge in [0.05, 0.1) is 6.54 Å². The summed E-state index contributed by atoms with van der Waals surface area (Å²) in [5.74, 6) is 0.712. The van der Waals surface area contributed by atoms with Gasteiger partial charge >= 0.3 is 5.69 Å². The van der Waals surface area contributed by atoms with Gasteiger partial charge in [-0.15, -0.1) is 0 Å². The number of anilines is 1. The molecule has 5 heteroatoms. The number of nitrogens with one attached hydrogen (secondary N) is 1. The average Bonchev–Trinajstić information content (AvgIpc) is 2.65. The Hall–Kier alpha value is -2.17. The molecule has 2 rings (SSSR count). The minimum absolute atomic E-state index is 0.129. The highest BCUT2D eigenvalue weighted by molar-refractivity contribution is 5.43. The first kappa shape index (κ1) is 10.4. The Bertz CT molecular complexity index is 516. The van der Waals surface area contributed by atoms with E-state index >= 15 is 0 Å². The zero-order valence-corrected chi connectivity index (χ0v) is 8.72. The van der Waals surface area contributed by atoms with Gasteiger partial charge in [0, 0.05) is 24.1 Å². The van der Waals surface area contributed by atoms with Gasteiger partial charge < -0.3 is 15.5 Å². The molecule has 5 nitrogen and oxygen atoms in total. The van der Waals surface area contributed by atoms with E-state index in [1.807, 2.05) is 12.1 Å². The molecule has 1 aromatic carbocycles. The third-order valence-corrected chi connectivity index (χ3v) is 2.18. The molecule has 0 fully saturated rings. The van der Waals surface area contributed by atoms with Gasteiger partial charge in [-0.05, 0) is 12.1 Å². The molecule has 0 saturated heterocycles. The highest BCUT2D eigenvalue weighted by Crippen LogP contribution is 2.14. The molecule has 0 aliphatic heterocycles. The molecule has 2 aromatic rings. The molecular formula is C11H13N3O2. The largest absolute Gasteiger partial charge is 0.492 e. The number of benzene rings is 1. The van der Waals surface area contributed by atoms with Gasteiger partial charge in [0.25, 0.3) is 0 Å². The summed E-state index contributed by atoms with van der Waals surface area (Å²) in [6.45, 7) is 0.943. The number of nitrogen functional groups attached to an aromatic ring is 1. The molecule has 0 unspecified atom stereocenters. The van der Waals surface area contributed by atoms with Crippen LogP contribution in [0.3, 0.4) is 0 Å². The summed E-state index contributed by atoms with van der Waals surface area (Å²) >= 11 is 0. The summed E-state index contributed by atoms with van der Waals surface area (Å²) in [6.07, 6.45) is 3.29. The molecule has 0 radical (unpaired) electrons. The maximum Gasteiger partial charge on any atom is 0.325 e. The predicted octanol–water partition coefficient (Wildman–Crippen LogP) is 0.838. The van der Waals surface area contributed by atoms with Crippen molar-refractivity contribution in [3.63, 3.8) is 0 Å². The van der Waals surface area contributed by atoms with Gasteiger partial charge in [-0.1, -0.05) is 6.07 Å². The second kappa shape index (κ2) is 4.57. The zero-order chi connectivity index (χ0) is 11.4. The van der Waals surface area contributed by atoms with E-state index in [1.165, 1.54) is 0 Å². The Morgan fingerprint density at radius 3 is 3.00 bits per heavy atom. The van der Waals surface area contributed by atoms with E-state index in [-0.39, 0.29) is 5.69 Å². The van der Waals surface area contributed by atoms with Crippen molar-refractivity contribution >= 4 is 5.69 Å². The fourth-order valence-electron chi connectivity index (χ4n) is 1.39. The molecule has 0 aliphatic carbocycles. The molecule has 0 aliphatic rings. The normalized spacial score (nSPS) is 10.2. The van der Waals surface area contributed by atoms with Crippen LogP contribution in [-0.2, 0) is 6.54 Å². The van der Waals surface area contributed by atoms with Crippen molar-refractivity contribution in [1.82, 2.24) is 9.55 Å². The molecule has 3 N–H and O–H groups in total. The molecule has 0 amide bonds. The Morgan fingerprint density at radius 2 is 2.31 bits per heavy atom. The lowest BCUT2D eigenvalue weighted by molar-refractivity contribution is 0.296. The SMILES string of the molecule is Nc1cccc(OCCn2cc[nH]c2=O)c1. The second-order valence-electron chi connectivity index (χ2n) is 3.38. The van der Waals surface area contributed by atoms with Gasteiger partial charge in [0.15, 0.2) is 0 Å². The number of imidazole rings is 1. The molecule has 0 saturated carbocycles. The second-order valence-corrected chi connectivity index (χ2v) is 3.38. The lowest BCUT2D eigenvalue weighted by Crippen LogP contribution is -2.19. The number of rotatable bonds is 4. The quantitative estimate of drug-likeness (QED) is 0.748. The van der Waals surface area contributed by atoms with Gasteiger partial charge in [-0.2, -0.15) is 0 Å². The summed E-state index contributed by atoms with van der Waals surface area (Å²) in [5.41, 5.74) is 6.14. The molecule has 0 spiro atoms. The van der Waals surface area contributed by atoms with Crippen LogP contribution in [0.25, 0.3) is 0 Å². The van der Waals surface area contributed by atoms with Gasteiger partial charge in [0.2, 0.25) is 0 Å². The number of hydrogen-bond acceptors (Lipinski definition) is 3. The van der Waals surface area contributed by atoms with Crippen molar-refractivity contribution < 1.29 is 4.74 Å². The Labute approximate surface area is 92.5 Å². The summed E-state index contributed by atoms with van der Waals surface area (Å²) in [6, 6.07) is 7.20. The molecule has 16 heavy (non-hydrogen) atoms. The molecule has 84 valence electrons. The maximum atomic E-state index is 11.1. The van der Waals surface area contributed by atoms with E-state index in [1.54, 1.807) is 29.1 Å². The number of aromatic amines is 1. The fraction of sp³-hybridized carbons (Fsp3) is 0.182. The number of aromatic nitrogens is 2. The number of H-pyrrole nitrogens is 1. The number of nitrogens with zero attached hydrogens (tertiary/aromatic N) is 1. The van der Waals surface area contributed by atoms with Crippen molar-refractivity contribution in [2.75, 3.05) is 12.3 Å². The van der Waals surface area contributed by atoms with Crippen LogP contribution in [-0.4, -0.2) is 16.2 Å². The van der Waals surface area contributed by atoms with Crippen molar-refractivity contribution in [1.29, 1.82) is 0 Å². The molecular weight excluding hydrogens is 206 g/mol. The summed E-state index contributed by atoms with van der Waals surface area (Å²) in [5, 5.41) is 0. The van der Waals surface area contributed by atoms with E-state index in [4.69, 9.17) is 10.5 Å². The minimum Gasteiger partial charge on any atom is -0.492 e. The maximum absolute atomic E-state index is 11.1. The first-order chi connectivity index (χ1) is 7.75. The Kier molecular flexibility index (Phi) is 2.95. The smallest absolute Gasteiger partial charge is 0.325 e. The topological polar surface area (TPSA) is 73.0 Å². The van der Waals surface area contributed by atoms with Gasteiger partial charge in [-0.3, -0.25) is 4.57 Å². The molecule has 0 atom stereocenters. The van der Waals surface area contributed by atoms with Crippen LogP contribution in [0.15, 0.2) is 41.5 Å². The molecule has 0 bridgehead atoms. The molecule has 1 heterocycles. The average molecular weight is 219 g/mol. The summed E-state index contributed by atoms with van der Waals surface area (Å²) < 4.78 is 7.01. The lowest BCUT2D eigenvalue weighted by Gasteiger charge is -2.06. The standard InChI is InChI=1S/C11H13N3O2/c12-9-2-1-3-10(8-9)16-7-6-14-5-4-13-11(14)15/h1-5,8H,6-7,12H2,(H,13,15). The number of nitrogens with two attached hydrogens (primary N) is 1.